The molecule has 1 aromatic carbocycles. The van der Waals surface area contributed by atoms with E-state index in [9.17, 15) is 9.59 Å². The van der Waals surface area contributed by atoms with E-state index in [1.807, 2.05) is 0 Å². The smallest absolute Gasteiger partial charge is 0.316 e. The molecule has 2 heterocycles. The predicted molar refractivity (Wildman–Crippen MR) is 69.7 cm³/mol. The molecule has 0 bridgehead atoms. The van der Waals surface area contributed by atoms with Crippen LogP contribution in [0.5, 0.6) is 0 Å². The van der Waals surface area contributed by atoms with Crippen molar-refractivity contribution >= 4 is 34.5 Å². The average molecular weight is 271 g/mol. The number of carbonyl (C=O) groups is 2. The van der Waals surface area contributed by atoms with Crippen LogP contribution in [0.15, 0.2) is 30.9 Å². The van der Waals surface area contributed by atoms with Crippen molar-refractivity contribution in [1.29, 1.82) is 0 Å². The van der Waals surface area contributed by atoms with Crippen molar-refractivity contribution in [2.75, 3.05) is 10.6 Å². The number of nitrogens with one attached hydrogen (secondary N) is 4. The SMILES string of the molecule is O=C(Nc1ccc2nc[nH]c2c1)C(=O)Nc1ncn[nH]1. The summed E-state index contributed by atoms with van der Waals surface area (Å²) in [6.45, 7) is 0. The summed E-state index contributed by atoms with van der Waals surface area (Å²) in [6.07, 6.45) is 2.77. The van der Waals surface area contributed by atoms with Crippen LogP contribution in [0.3, 0.4) is 0 Å². The second kappa shape index (κ2) is 4.80. The van der Waals surface area contributed by atoms with Gasteiger partial charge < -0.3 is 10.3 Å². The predicted octanol–water partition coefficient (Wildman–Crippen LogP) is 0.258. The first-order valence-electron chi connectivity index (χ1n) is 5.63. The molecule has 100 valence electrons. The number of anilines is 2. The number of aromatic nitrogens is 5. The monoisotopic (exact) mass is 271 g/mol. The Morgan fingerprint density at radius 2 is 1.95 bits per heavy atom. The molecule has 3 rings (SSSR count). The van der Waals surface area contributed by atoms with E-state index in [1.165, 1.54) is 6.33 Å². The Morgan fingerprint density at radius 1 is 1.10 bits per heavy atom. The number of amides is 2. The van der Waals surface area contributed by atoms with Crippen LogP contribution in [0.25, 0.3) is 11.0 Å². The molecule has 0 saturated heterocycles. The van der Waals surface area contributed by atoms with Gasteiger partial charge in [-0.1, -0.05) is 0 Å². The van der Waals surface area contributed by atoms with E-state index >= 15 is 0 Å². The first-order chi connectivity index (χ1) is 9.72. The van der Waals surface area contributed by atoms with E-state index in [1.54, 1.807) is 24.5 Å². The molecule has 0 aliphatic carbocycles. The highest BCUT2D eigenvalue weighted by molar-refractivity contribution is 6.43. The molecule has 2 amide bonds. The van der Waals surface area contributed by atoms with Crippen molar-refractivity contribution in [2.45, 2.75) is 0 Å². The Kier molecular flexibility index (Phi) is 2.84. The van der Waals surface area contributed by atoms with Crippen LogP contribution in [0, 0.1) is 0 Å². The fourth-order valence-electron chi connectivity index (χ4n) is 1.63. The van der Waals surface area contributed by atoms with Gasteiger partial charge in [0.15, 0.2) is 0 Å². The van der Waals surface area contributed by atoms with Gasteiger partial charge in [0.05, 0.1) is 17.4 Å². The molecule has 0 aliphatic heterocycles. The van der Waals surface area contributed by atoms with E-state index in [4.69, 9.17) is 0 Å². The molecule has 0 unspecified atom stereocenters. The number of nitrogens with zero attached hydrogens (tertiary/aromatic N) is 3. The van der Waals surface area contributed by atoms with Gasteiger partial charge in [0.2, 0.25) is 5.95 Å². The van der Waals surface area contributed by atoms with E-state index in [0.717, 1.165) is 11.0 Å². The van der Waals surface area contributed by atoms with Gasteiger partial charge in [-0.3, -0.25) is 14.9 Å². The normalized spacial score (nSPS) is 10.4. The standard InChI is InChI=1S/C11H9N7O2/c19-9(10(20)17-11-14-5-15-18-11)16-6-1-2-7-8(3-6)13-4-12-7/h1-5H,(H,12,13)(H,16,19)(H2,14,15,17,18,20). The summed E-state index contributed by atoms with van der Waals surface area (Å²) in [5.41, 5.74) is 2.02. The number of imidazole rings is 1. The summed E-state index contributed by atoms with van der Waals surface area (Å²) in [5, 5.41) is 10.7. The highest BCUT2D eigenvalue weighted by Gasteiger charge is 2.15. The summed E-state index contributed by atoms with van der Waals surface area (Å²) in [6, 6.07) is 5.07. The van der Waals surface area contributed by atoms with Crippen molar-refractivity contribution < 1.29 is 9.59 Å². The largest absolute Gasteiger partial charge is 0.345 e. The van der Waals surface area contributed by atoms with Gasteiger partial charge in [-0.05, 0) is 18.2 Å². The number of carbonyl (C=O) groups excluding carboxylic acids is 2. The van der Waals surface area contributed by atoms with Gasteiger partial charge >= 0.3 is 11.8 Å². The molecule has 4 N–H and O–H groups in total. The Hall–Kier alpha value is -3.23. The molecule has 0 atom stereocenters. The maximum atomic E-state index is 11.7. The summed E-state index contributed by atoms with van der Waals surface area (Å²) in [7, 11) is 0. The molecule has 2 aromatic heterocycles. The highest BCUT2D eigenvalue weighted by atomic mass is 16.2. The molecule has 0 fully saturated rings. The zero-order valence-corrected chi connectivity index (χ0v) is 10.0. The van der Waals surface area contributed by atoms with Crippen LogP contribution in [0.1, 0.15) is 0 Å². The topological polar surface area (TPSA) is 128 Å². The first-order valence-corrected chi connectivity index (χ1v) is 5.63. The number of rotatable bonds is 2. The van der Waals surface area contributed by atoms with Crippen molar-refractivity contribution in [1.82, 2.24) is 25.1 Å². The zero-order chi connectivity index (χ0) is 13.9. The number of hydrogen-bond acceptors (Lipinski definition) is 5. The Labute approximate surface area is 111 Å². The molecule has 0 saturated carbocycles. The van der Waals surface area contributed by atoms with Crippen LogP contribution in [0.4, 0.5) is 11.6 Å². The molecule has 9 nitrogen and oxygen atoms in total. The number of H-pyrrole nitrogens is 2. The van der Waals surface area contributed by atoms with Crippen molar-refractivity contribution in [3.8, 4) is 0 Å². The van der Waals surface area contributed by atoms with Crippen LogP contribution in [-0.4, -0.2) is 37.0 Å². The second-order valence-corrected chi connectivity index (χ2v) is 3.88. The van der Waals surface area contributed by atoms with Crippen LogP contribution >= 0.6 is 0 Å². The zero-order valence-electron chi connectivity index (χ0n) is 10.0. The summed E-state index contributed by atoms with van der Waals surface area (Å²) in [5.74, 6) is -1.54. The van der Waals surface area contributed by atoms with Crippen LogP contribution in [-0.2, 0) is 9.59 Å². The minimum atomic E-state index is -0.841. The summed E-state index contributed by atoms with van der Waals surface area (Å²) >= 11 is 0. The minimum Gasteiger partial charge on any atom is -0.345 e. The van der Waals surface area contributed by atoms with Crippen molar-refractivity contribution in [3.05, 3.63) is 30.9 Å². The molecule has 0 spiro atoms. The minimum absolute atomic E-state index is 0.106. The molecular formula is C11H9N7O2. The van der Waals surface area contributed by atoms with Gasteiger partial charge in [0.25, 0.3) is 0 Å². The van der Waals surface area contributed by atoms with E-state index in [2.05, 4.69) is 35.8 Å². The van der Waals surface area contributed by atoms with E-state index < -0.39 is 11.8 Å². The summed E-state index contributed by atoms with van der Waals surface area (Å²) in [4.78, 5) is 34.0. The lowest BCUT2D eigenvalue weighted by atomic mass is 10.2. The maximum Gasteiger partial charge on any atom is 0.316 e. The lowest BCUT2D eigenvalue weighted by molar-refractivity contribution is -0.133. The van der Waals surface area contributed by atoms with Gasteiger partial charge in [0.1, 0.15) is 6.33 Å². The lowest BCUT2D eigenvalue weighted by Crippen LogP contribution is -2.29. The molecule has 9 heteroatoms. The third-order valence-electron chi connectivity index (χ3n) is 2.53. The molecule has 0 aliphatic rings. The van der Waals surface area contributed by atoms with Crippen LogP contribution in [0.2, 0.25) is 0 Å². The van der Waals surface area contributed by atoms with Gasteiger partial charge in [-0.15, -0.1) is 0 Å². The quantitative estimate of drug-likeness (QED) is 0.497. The molecular weight excluding hydrogens is 262 g/mol. The van der Waals surface area contributed by atoms with Gasteiger partial charge in [0, 0.05) is 5.69 Å². The second-order valence-electron chi connectivity index (χ2n) is 3.88. The number of benzene rings is 1. The number of hydrogen-bond donors (Lipinski definition) is 4. The molecule has 3 aromatic rings. The van der Waals surface area contributed by atoms with Gasteiger partial charge in [-0.25, -0.2) is 10.1 Å². The molecule has 20 heavy (non-hydrogen) atoms. The number of aromatic amines is 2. The van der Waals surface area contributed by atoms with Crippen LogP contribution < -0.4 is 10.6 Å². The fourth-order valence-corrected chi connectivity index (χ4v) is 1.63. The highest BCUT2D eigenvalue weighted by Crippen LogP contribution is 2.15. The van der Waals surface area contributed by atoms with E-state index in [0.29, 0.717) is 5.69 Å². The summed E-state index contributed by atoms with van der Waals surface area (Å²) < 4.78 is 0. The van der Waals surface area contributed by atoms with Crippen molar-refractivity contribution in [3.63, 3.8) is 0 Å². The van der Waals surface area contributed by atoms with Crippen molar-refractivity contribution in [2.24, 2.45) is 0 Å². The average Bonchev–Trinajstić information content (AvgIpc) is 3.08. The Bertz CT molecular complexity index is 762. The third-order valence-corrected chi connectivity index (χ3v) is 2.53. The molecule has 0 radical (unpaired) electrons. The fraction of sp³-hybridized carbons (Fsp3) is 0. The third kappa shape index (κ3) is 2.32. The number of fused-ring (bicyclic) bond motifs is 1. The first kappa shape index (κ1) is 11.8. The Balaban J connectivity index is 1.70. The lowest BCUT2D eigenvalue weighted by Gasteiger charge is -2.04. The Morgan fingerprint density at radius 3 is 2.75 bits per heavy atom. The van der Waals surface area contributed by atoms with Gasteiger partial charge in [-0.2, -0.15) is 10.1 Å². The van der Waals surface area contributed by atoms with E-state index in [-0.39, 0.29) is 5.95 Å². The maximum absolute atomic E-state index is 11.7.